The second-order valence-electron chi connectivity index (χ2n) is 7.88. The number of nitrogens with two attached hydrogens (primary N) is 1. The van der Waals surface area contributed by atoms with Gasteiger partial charge in [0.15, 0.2) is 0 Å². The molecule has 0 bridgehead atoms. The zero-order valence-corrected chi connectivity index (χ0v) is 17.8. The number of hydrogen-bond donors (Lipinski definition) is 3. The lowest BCUT2D eigenvalue weighted by Gasteiger charge is -2.23. The molecule has 156 valence electrons. The van der Waals surface area contributed by atoms with Gasteiger partial charge in [-0.25, -0.2) is 0 Å². The van der Waals surface area contributed by atoms with Gasteiger partial charge in [0, 0.05) is 25.1 Å². The molecule has 7 nitrogen and oxygen atoms in total. The number of phenolic OH excluding ortho intramolecular Hbond substituents is 1. The summed E-state index contributed by atoms with van der Waals surface area (Å²) in [5.41, 5.74) is 8.92. The molecule has 4 N–H and O–H groups in total. The average Bonchev–Trinajstić information content (AvgIpc) is 3.08. The van der Waals surface area contributed by atoms with Crippen LogP contribution in [0, 0.1) is 0 Å². The summed E-state index contributed by atoms with van der Waals surface area (Å²) in [5.74, 6) is 0.115. The average molecular weight is 418 g/mol. The molecule has 0 spiro atoms. The number of halogens is 1. The van der Waals surface area contributed by atoms with Gasteiger partial charge in [-0.2, -0.15) is 0 Å². The number of aromatic hydroxyl groups is 1. The van der Waals surface area contributed by atoms with Crippen LogP contribution in [0.25, 0.3) is 16.7 Å². The van der Waals surface area contributed by atoms with Crippen LogP contribution in [0.1, 0.15) is 38.3 Å². The number of nitrogens with zero attached hydrogens (tertiary/aromatic N) is 3. The van der Waals surface area contributed by atoms with Crippen LogP contribution in [0.5, 0.6) is 5.75 Å². The van der Waals surface area contributed by atoms with Gasteiger partial charge in [-0.1, -0.05) is 39.0 Å². The van der Waals surface area contributed by atoms with E-state index in [1.165, 1.54) is 4.80 Å². The van der Waals surface area contributed by atoms with Crippen molar-refractivity contribution in [1.82, 2.24) is 20.3 Å². The molecule has 8 heteroatoms. The van der Waals surface area contributed by atoms with Crippen molar-refractivity contribution in [2.45, 2.75) is 39.0 Å². The molecule has 0 atom stereocenters. The quantitative estimate of drug-likeness (QED) is 0.571. The van der Waals surface area contributed by atoms with Crippen molar-refractivity contribution in [3.05, 3.63) is 47.5 Å². The third-order valence-corrected chi connectivity index (χ3v) is 4.57. The highest BCUT2D eigenvalue weighted by Crippen LogP contribution is 2.36. The standard InChI is InChI=1S/C21H27N5O2.ClH/c1-21(2,3)15-12-14(8-9-19(27)23-11-10-22)13-18(20(15)28)26-24-16-6-4-5-7-17(16)25-26;/h4-7,12-13,28H,8-11,22H2,1-3H3,(H,23,27);1H. The van der Waals surface area contributed by atoms with Crippen molar-refractivity contribution in [2.75, 3.05) is 13.1 Å². The first kappa shape index (κ1) is 22.6. The van der Waals surface area contributed by atoms with Crippen LogP contribution in [0.3, 0.4) is 0 Å². The maximum atomic E-state index is 12.0. The van der Waals surface area contributed by atoms with Crippen molar-refractivity contribution in [2.24, 2.45) is 5.73 Å². The van der Waals surface area contributed by atoms with Crippen LogP contribution >= 0.6 is 12.4 Å². The molecule has 0 saturated carbocycles. The summed E-state index contributed by atoms with van der Waals surface area (Å²) in [5, 5.41) is 22.7. The summed E-state index contributed by atoms with van der Waals surface area (Å²) in [6, 6.07) is 11.4. The number of hydrogen-bond acceptors (Lipinski definition) is 5. The molecule has 2 aromatic carbocycles. The Hall–Kier alpha value is -2.64. The fraction of sp³-hybridized carbons (Fsp3) is 0.381. The first-order valence-electron chi connectivity index (χ1n) is 9.45. The highest BCUT2D eigenvalue weighted by Gasteiger charge is 2.23. The molecule has 1 heterocycles. The third kappa shape index (κ3) is 5.25. The summed E-state index contributed by atoms with van der Waals surface area (Å²) in [6.45, 7) is 7.00. The number of amides is 1. The number of aromatic nitrogens is 3. The van der Waals surface area contributed by atoms with Crippen LogP contribution in [0.2, 0.25) is 0 Å². The Morgan fingerprint density at radius 2 is 1.79 bits per heavy atom. The van der Waals surface area contributed by atoms with Crippen molar-refractivity contribution in [3.63, 3.8) is 0 Å². The fourth-order valence-corrected chi connectivity index (χ4v) is 3.07. The number of nitrogens with one attached hydrogen (secondary N) is 1. The van der Waals surface area contributed by atoms with Gasteiger partial charge in [0.25, 0.3) is 0 Å². The second-order valence-corrected chi connectivity index (χ2v) is 7.88. The maximum Gasteiger partial charge on any atom is 0.220 e. The number of benzene rings is 2. The van der Waals surface area contributed by atoms with E-state index in [0.29, 0.717) is 31.6 Å². The first-order valence-corrected chi connectivity index (χ1v) is 9.45. The van der Waals surface area contributed by atoms with Crippen LogP contribution in [-0.2, 0) is 16.6 Å². The van der Waals surface area contributed by atoms with E-state index in [1.807, 2.05) is 57.2 Å². The van der Waals surface area contributed by atoms with Crippen molar-refractivity contribution < 1.29 is 9.90 Å². The summed E-state index contributed by atoms with van der Waals surface area (Å²) in [7, 11) is 0. The number of aryl methyl sites for hydroxylation is 1. The molecule has 29 heavy (non-hydrogen) atoms. The fourth-order valence-electron chi connectivity index (χ4n) is 3.07. The Labute approximate surface area is 176 Å². The van der Waals surface area contributed by atoms with Gasteiger partial charge in [-0.15, -0.1) is 27.4 Å². The molecule has 1 amide bonds. The summed E-state index contributed by atoms with van der Waals surface area (Å²) in [6.07, 6.45) is 0.899. The Morgan fingerprint density at radius 1 is 1.17 bits per heavy atom. The minimum Gasteiger partial charge on any atom is -0.505 e. The van der Waals surface area contributed by atoms with E-state index in [2.05, 4.69) is 15.5 Å². The van der Waals surface area contributed by atoms with Crippen LogP contribution < -0.4 is 11.1 Å². The van der Waals surface area contributed by atoms with E-state index in [4.69, 9.17) is 5.73 Å². The van der Waals surface area contributed by atoms with E-state index < -0.39 is 0 Å². The van der Waals surface area contributed by atoms with Crippen LogP contribution in [0.15, 0.2) is 36.4 Å². The van der Waals surface area contributed by atoms with E-state index in [0.717, 1.165) is 22.2 Å². The van der Waals surface area contributed by atoms with Crippen LogP contribution in [0.4, 0.5) is 0 Å². The molecule has 0 unspecified atom stereocenters. The zero-order chi connectivity index (χ0) is 20.3. The van der Waals surface area contributed by atoms with Gasteiger partial charge in [-0.05, 0) is 35.6 Å². The van der Waals surface area contributed by atoms with Crippen molar-refractivity contribution in [1.29, 1.82) is 0 Å². The van der Waals surface area contributed by atoms with Crippen LogP contribution in [-0.4, -0.2) is 39.1 Å². The monoisotopic (exact) mass is 417 g/mol. The first-order chi connectivity index (χ1) is 13.3. The highest BCUT2D eigenvalue weighted by atomic mass is 35.5. The second kappa shape index (κ2) is 9.24. The topological polar surface area (TPSA) is 106 Å². The van der Waals surface area contributed by atoms with Gasteiger partial charge in [0.2, 0.25) is 5.91 Å². The lowest BCUT2D eigenvalue weighted by molar-refractivity contribution is -0.120. The predicted octanol–water partition coefficient (Wildman–Crippen LogP) is 2.85. The number of rotatable bonds is 6. The maximum absolute atomic E-state index is 12.0. The minimum absolute atomic E-state index is 0. The molecule has 0 fully saturated rings. The molecular weight excluding hydrogens is 390 g/mol. The third-order valence-electron chi connectivity index (χ3n) is 4.57. The highest BCUT2D eigenvalue weighted by molar-refractivity contribution is 5.85. The van der Waals surface area contributed by atoms with Crippen molar-refractivity contribution >= 4 is 29.3 Å². The molecule has 1 aromatic heterocycles. The van der Waals surface area contributed by atoms with Gasteiger partial charge in [0.1, 0.15) is 22.5 Å². The van der Waals surface area contributed by atoms with E-state index >= 15 is 0 Å². The number of carbonyl (C=O) groups is 1. The normalized spacial score (nSPS) is 11.3. The Bertz CT molecular complexity index is 961. The SMILES string of the molecule is CC(C)(C)c1cc(CCC(=O)NCCN)cc(-n2nc3ccccc3n2)c1O.Cl. The molecule has 3 aromatic rings. The summed E-state index contributed by atoms with van der Waals surface area (Å²) >= 11 is 0. The van der Waals surface area contributed by atoms with E-state index in [-0.39, 0.29) is 29.5 Å². The van der Waals surface area contributed by atoms with Crippen molar-refractivity contribution in [3.8, 4) is 11.4 Å². The van der Waals surface area contributed by atoms with E-state index in [1.54, 1.807) is 0 Å². The minimum atomic E-state index is -0.275. The molecule has 0 saturated heterocycles. The molecular formula is C21H28ClN5O2. The number of fused-ring (bicyclic) bond motifs is 1. The molecule has 0 aliphatic rings. The smallest absolute Gasteiger partial charge is 0.220 e. The zero-order valence-electron chi connectivity index (χ0n) is 17.0. The lowest BCUT2D eigenvalue weighted by atomic mass is 9.84. The molecule has 0 aliphatic carbocycles. The predicted molar refractivity (Wildman–Crippen MR) is 117 cm³/mol. The van der Waals surface area contributed by atoms with Gasteiger partial charge in [0.05, 0.1) is 0 Å². The molecule has 0 radical (unpaired) electrons. The van der Waals surface area contributed by atoms with E-state index in [9.17, 15) is 9.90 Å². The number of carbonyl (C=O) groups excluding carboxylic acids is 1. The Kier molecular flexibility index (Phi) is 7.21. The van der Waals surface area contributed by atoms with Gasteiger partial charge >= 0.3 is 0 Å². The molecule has 0 aliphatic heterocycles. The summed E-state index contributed by atoms with van der Waals surface area (Å²) < 4.78 is 0. The largest absolute Gasteiger partial charge is 0.505 e. The number of phenols is 1. The lowest BCUT2D eigenvalue weighted by Crippen LogP contribution is -2.29. The molecule has 3 rings (SSSR count). The van der Waals surface area contributed by atoms with Gasteiger partial charge < -0.3 is 16.2 Å². The summed E-state index contributed by atoms with van der Waals surface area (Å²) in [4.78, 5) is 13.4. The Morgan fingerprint density at radius 3 is 2.34 bits per heavy atom. The van der Waals surface area contributed by atoms with Gasteiger partial charge in [-0.3, -0.25) is 4.79 Å². The Balaban J connectivity index is 0.00000300.